The van der Waals surface area contributed by atoms with Crippen LogP contribution in [-0.4, -0.2) is 68.9 Å². The Morgan fingerprint density at radius 2 is 1.83 bits per heavy atom. The number of amides is 1. The lowest BCUT2D eigenvalue weighted by Crippen LogP contribution is -2.72. The Morgan fingerprint density at radius 3 is 2.22 bits per heavy atom. The number of nitrogens with one attached hydrogen (secondary N) is 1. The Morgan fingerprint density at radius 1 is 1.28 bits per heavy atom. The van der Waals surface area contributed by atoms with Crippen LogP contribution in [0, 0.1) is 0 Å². The zero-order valence-electron chi connectivity index (χ0n) is 10.0. The van der Waals surface area contributed by atoms with Crippen molar-refractivity contribution < 1.29 is 34.8 Å². The SMILES string of the molecule is CC(=O)N[C@@H]1[C@@H](O)[C@@H](O)[C@@H](CO)OC1(O)C(C)=O. The summed E-state index contributed by atoms with van der Waals surface area (Å²) in [5, 5.41) is 40.6. The van der Waals surface area contributed by atoms with Crippen molar-refractivity contribution in [1.29, 1.82) is 0 Å². The van der Waals surface area contributed by atoms with Crippen molar-refractivity contribution in [3.63, 3.8) is 0 Å². The summed E-state index contributed by atoms with van der Waals surface area (Å²) in [7, 11) is 0. The van der Waals surface area contributed by atoms with Crippen LogP contribution >= 0.6 is 0 Å². The van der Waals surface area contributed by atoms with Crippen LogP contribution in [0.5, 0.6) is 0 Å². The van der Waals surface area contributed by atoms with Crippen LogP contribution in [0.25, 0.3) is 0 Å². The highest BCUT2D eigenvalue weighted by molar-refractivity contribution is 5.85. The number of Topliss-reactive ketones (excluding diaryl/α,β-unsaturated/α-hetero) is 1. The molecule has 1 amide bonds. The second kappa shape index (κ2) is 5.29. The first-order chi connectivity index (χ1) is 8.24. The van der Waals surface area contributed by atoms with Gasteiger partial charge in [0.25, 0.3) is 0 Å². The van der Waals surface area contributed by atoms with E-state index in [9.17, 15) is 24.9 Å². The number of aliphatic hydroxyl groups excluding tert-OH is 3. The van der Waals surface area contributed by atoms with E-state index in [0.717, 1.165) is 13.8 Å². The van der Waals surface area contributed by atoms with Crippen molar-refractivity contribution in [1.82, 2.24) is 5.32 Å². The van der Waals surface area contributed by atoms with E-state index in [1.165, 1.54) is 0 Å². The quantitative estimate of drug-likeness (QED) is 0.363. The predicted molar refractivity (Wildman–Crippen MR) is 57.2 cm³/mol. The Kier molecular flexibility index (Phi) is 4.41. The maximum absolute atomic E-state index is 11.4. The summed E-state index contributed by atoms with van der Waals surface area (Å²) in [6, 6.07) is -1.51. The van der Waals surface area contributed by atoms with Gasteiger partial charge in [-0.25, -0.2) is 0 Å². The van der Waals surface area contributed by atoms with Crippen LogP contribution in [0.1, 0.15) is 13.8 Å². The molecule has 1 heterocycles. The topological polar surface area (TPSA) is 136 Å². The van der Waals surface area contributed by atoms with Gasteiger partial charge in [0, 0.05) is 13.8 Å². The molecule has 0 saturated carbocycles. The molecular formula is C10H17NO7. The minimum atomic E-state index is -2.49. The summed E-state index contributed by atoms with van der Waals surface area (Å²) in [5.41, 5.74) is 0. The van der Waals surface area contributed by atoms with Crippen molar-refractivity contribution in [2.24, 2.45) is 0 Å². The van der Waals surface area contributed by atoms with E-state index in [2.05, 4.69) is 5.32 Å². The van der Waals surface area contributed by atoms with E-state index in [4.69, 9.17) is 9.84 Å². The number of aliphatic hydroxyl groups is 4. The van der Waals surface area contributed by atoms with Crippen molar-refractivity contribution in [2.75, 3.05) is 6.61 Å². The normalized spacial score (nSPS) is 40.3. The molecule has 5 atom stereocenters. The van der Waals surface area contributed by atoms with E-state index < -0.39 is 48.4 Å². The van der Waals surface area contributed by atoms with E-state index in [-0.39, 0.29) is 0 Å². The molecule has 1 aliphatic rings. The first kappa shape index (κ1) is 15.0. The van der Waals surface area contributed by atoms with Gasteiger partial charge in [0.05, 0.1) is 6.61 Å². The van der Waals surface area contributed by atoms with Gasteiger partial charge < -0.3 is 30.5 Å². The molecule has 0 aliphatic carbocycles. The van der Waals surface area contributed by atoms with Gasteiger partial charge in [-0.05, 0) is 0 Å². The number of carbonyl (C=O) groups is 2. The average molecular weight is 263 g/mol. The van der Waals surface area contributed by atoms with Gasteiger partial charge >= 0.3 is 0 Å². The summed E-state index contributed by atoms with van der Waals surface area (Å²) < 4.78 is 4.91. The summed E-state index contributed by atoms with van der Waals surface area (Å²) in [6.45, 7) is 1.44. The molecule has 104 valence electrons. The molecular weight excluding hydrogens is 246 g/mol. The lowest BCUT2D eigenvalue weighted by atomic mass is 9.88. The molecule has 0 bridgehead atoms. The van der Waals surface area contributed by atoms with Crippen LogP contribution < -0.4 is 5.32 Å². The van der Waals surface area contributed by atoms with Crippen molar-refractivity contribution in [3.05, 3.63) is 0 Å². The third-order valence-corrected chi connectivity index (χ3v) is 2.87. The van der Waals surface area contributed by atoms with Crippen molar-refractivity contribution in [3.8, 4) is 0 Å². The fraction of sp³-hybridized carbons (Fsp3) is 0.800. The second-order valence-electron chi connectivity index (χ2n) is 4.25. The third-order valence-electron chi connectivity index (χ3n) is 2.87. The van der Waals surface area contributed by atoms with Gasteiger partial charge in [-0.3, -0.25) is 9.59 Å². The number of carbonyl (C=O) groups excluding carboxylic acids is 2. The third kappa shape index (κ3) is 2.52. The molecule has 5 N–H and O–H groups in total. The first-order valence-electron chi connectivity index (χ1n) is 5.39. The Bertz CT molecular complexity index is 347. The number of ether oxygens (including phenoxy) is 1. The Balaban J connectivity index is 3.09. The lowest BCUT2D eigenvalue weighted by molar-refractivity contribution is -0.300. The zero-order valence-corrected chi connectivity index (χ0v) is 10.0. The summed E-state index contributed by atoms with van der Waals surface area (Å²) in [4.78, 5) is 22.4. The Hall–Kier alpha value is -1.06. The Labute approximate surface area is 103 Å². The highest BCUT2D eigenvalue weighted by Gasteiger charge is 2.56. The summed E-state index contributed by atoms with van der Waals surface area (Å²) in [5.74, 6) is -3.96. The van der Waals surface area contributed by atoms with Gasteiger partial charge in [-0.15, -0.1) is 0 Å². The fourth-order valence-electron chi connectivity index (χ4n) is 1.87. The molecule has 0 aromatic carbocycles. The van der Waals surface area contributed by atoms with Crippen LogP contribution in [0.4, 0.5) is 0 Å². The number of hydrogen-bond donors (Lipinski definition) is 5. The second-order valence-corrected chi connectivity index (χ2v) is 4.25. The molecule has 1 unspecified atom stereocenters. The van der Waals surface area contributed by atoms with E-state index in [0.29, 0.717) is 0 Å². The molecule has 1 rings (SSSR count). The van der Waals surface area contributed by atoms with Gasteiger partial charge in [0.2, 0.25) is 11.7 Å². The molecule has 1 aliphatic heterocycles. The minimum Gasteiger partial charge on any atom is -0.394 e. The monoisotopic (exact) mass is 263 g/mol. The fourth-order valence-corrected chi connectivity index (χ4v) is 1.87. The highest BCUT2D eigenvalue weighted by atomic mass is 16.7. The first-order valence-corrected chi connectivity index (χ1v) is 5.39. The van der Waals surface area contributed by atoms with Gasteiger partial charge in [-0.1, -0.05) is 0 Å². The van der Waals surface area contributed by atoms with Gasteiger partial charge in [-0.2, -0.15) is 0 Å². The molecule has 18 heavy (non-hydrogen) atoms. The standard InChI is InChI=1S/C10H17NO7/c1-4(13)10(17)9(11-5(2)14)8(16)7(15)6(3-12)18-10/h6-9,12,15-17H,3H2,1-2H3,(H,11,14)/t6-,7+,8+,9-,10?/m1/s1. The molecule has 0 radical (unpaired) electrons. The van der Waals surface area contributed by atoms with E-state index in [1.807, 2.05) is 0 Å². The minimum absolute atomic E-state index is 0.614. The number of hydrogen-bond acceptors (Lipinski definition) is 7. The van der Waals surface area contributed by atoms with Gasteiger partial charge in [0.15, 0.2) is 5.78 Å². The zero-order chi connectivity index (χ0) is 14.1. The molecule has 8 heteroatoms. The molecule has 0 aromatic rings. The average Bonchev–Trinajstić information content (AvgIpc) is 2.29. The maximum Gasteiger partial charge on any atom is 0.250 e. The van der Waals surface area contributed by atoms with E-state index >= 15 is 0 Å². The van der Waals surface area contributed by atoms with Crippen LogP contribution in [0.3, 0.4) is 0 Å². The summed E-state index contributed by atoms with van der Waals surface area (Å²) in [6.07, 6.45) is -4.50. The molecule has 0 spiro atoms. The number of rotatable bonds is 3. The van der Waals surface area contributed by atoms with Gasteiger partial charge in [0.1, 0.15) is 24.4 Å². The van der Waals surface area contributed by atoms with Crippen LogP contribution in [0.15, 0.2) is 0 Å². The van der Waals surface area contributed by atoms with Crippen LogP contribution in [0.2, 0.25) is 0 Å². The molecule has 8 nitrogen and oxygen atoms in total. The smallest absolute Gasteiger partial charge is 0.250 e. The maximum atomic E-state index is 11.4. The lowest BCUT2D eigenvalue weighted by Gasteiger charge is -2.46. The van der Waals surface area contributed by atoms with Crippen LogP contribution in [-0.2, 0) is 14.3 Å². The molecule has 1 saturated heterocycles. The largest absolute Gasteiger partial charge is 0.394 e. The van der Waals surface area contributed by atoms with Crippen molar-refractivity contribution in [2.45, 2.75) is 44.0 Å². The molecule has 0 aromatic heterocycles. The van der Waals surface area contributed by atoms with E-state index in [1.54, 1.807) is 0 Å². The highest BCUT2D eigenvalue weighted by Crippen LogP contribution is 2.28. The number of ketones is 1. The predicted octanol–water partition coefficient (Wildman–Crippen LogP) is -3.12. The summed E-state index contributed by atoms with van der Waals surface area (Å²) >= 11 is 0. The van der Waals surface area contributed by atoms with Crippen molar-refractivity contribution >= 4 is 11.7 Å². The molecule has 1 fully saturated rings.